The first kappa shape index (κ1) is 17.5. The number of fused-ring (bicyclic) bond motifs is 1. The van der Waals surface area contributed by atoms with Crippen LogP contribution in [0.25, 0.3) is 0 Å². The minimum atomic E-state index is -0.423. The van der Waals surface area contributed by atoms with E-state index in [0.717, 1.165) is 0 Å². The Morgan fingerprint density at radius 1 is 1.32 bits per heavy atom. The van der Waals surface area contributed by atoms with Gasteiger partial charge in [0.1, 0.15) is 13.2 Å². The molecule has 1 unspecified atom stereocenters. The van der Waals surface area contributed by atoms with Crippen molar-refractivity contribution in [1.29, 1.82) is 0 Å². The predicted octanol–water partition coefficient (Wildman–Crippen LogP) is 0.944. The smallest absolute Gasteiger partial charge is 0.227 e. The van der Waals surface area contributed by atoms with Gasteiger partial charge in [0.25, 0.3) is 0 Å². The van der Waals surface area contributed by atoms with Crippen molar-refractivity contribution in [3.05, 3.63) is 18.2 Å². The number of aliphatic hydroxyl groups is 1. The lowest BCUT2D eigenvalue weighted by molar-refractivity contribution is -0.127. The van der Waals surface area contributed by atoms with E-state index < -0.39 is 5.92 Å². The summed E-state index contributed by atoms with van der Waals surface area (Å²) in [6, 6.07) is 5.06. The second kappa shape index (κ2) is 7.31. The summed E-state index contributed by atoms with van der Waals surface area (Å²) in [6.07, 6.45) is 0.163. The molecule has 0 spiro atoms. The van der Waals surface area contributed by atoms with Crippen molar-refractivity contribution < 1.29 is 24.2 Å². The average Bonchev–Trinajstić information content (AvgIpc) is 3.00. The van der Waals surface area contributed by atoms with Crippen LogP contribution in [0.3, 0.4) is 0 Å². The fourth-order valence-electron chi connectivity index (χ4n) is 3.06. The van der Waals surface area contributed by atoms with Crippen molar-refractivity contribution in [3.8, 4) is 11.5 Å². The largest absolute Gasteiger partial charge is 0.486 e. The lowest BCUT2D eigenvalue weighted by Gasteiger charge is -2.23. The lowest BCUT2D eigenvalue weighted by atomic mass is 10.0. The summed E-state index contributed by atoms with van der Waals surface area (Å²) < 4.78 is 11.0. The minimum Gasteiger partial charge on any atom is -0.486 e. The molecule has 2 heterocycles. The summed E-state index contributed by atoms with van der Waals surface area (Å²) in [5, 5.41) is 12.2. The summed E-state index contributed by atoms with van der Waals surface area (Å²) in [7, 11) is 0. The number of nitrogens with one attached hydrogen (secondary N) is 1. The molecule has 3 rings (SSSR count). The number of carbonyl (C=O) groups is 2. The Morgan fingerprint density at radius 3 is 2.72 bits per heavy atom. The van der Waals surface area contributed by atoms with Crippen LogP contribution in [0.1, 0.15) is 20.3 Å². The van der Waals surface area contributed by atoms with Gasteiger partial charge in [-0.1, -0.05) is 13.8 Å². The quantitative estimate of drug-likeness (QED) is 0.827. The average molecular weight is 348 g/mol. The van der Waals surface area contributed by atoms with Crippen LogP contribution in [0.4, 0.5) is 5.69 Å². The normalized spacial score (nSPS) is 20.7. The highest BCUT2D eigenvalue weighted by atomic mass is 16.6. The Hall–Kier alpha value is -2.28. The molecule has 2 aliphatic rings. The number of aliphatic hydroxyl groups excluding tert-OH is 1. The molecule has 0 radical (unpaired) electrons. The van der Waals surface area contributed by atoms with Gasteiger partial charge in [-0.3, -0.25) is 9.59 Å². The molecule has 136 valence electrons. The van der Waals surface area contributed by atoms with Crippen LogP contribution in [0.5, 0.6) is 11.5 Å². The second-order valence-corrected chi connectivity index (χ2v) is 6.78. The number of nitrogens with zero attached hydrogens (tertiary/aromatic N) is 1. The summed E-state index contributed by atoms with van der Waals surface area (Å²) in [5.74, 6) is 0.694. The third-order valence-corrected chi connectivity index (χ3v) is 4.66. The Bertz CT molecular complexity index is 661. The second-order valence-electron chi connectivity index (χ2n) is 6.78. The highest BCUT2D eigenvalue weighted by Crippen LogP contribution is 2.36. The van der Waals surface area contributed by atoms with E-state index in [-0.39, 0.29) is 36.8 Å². The van der Waals surface area contributed by atoms with E-state index in [1.807, 2.05) is 13.8 Å². The zero-order valence-electron chi connectivity index (χ0n) is 14.5. The monoisotopic (exact) mass is 348 g/mol. The van der Waals surface area contributed by atoms with Crippen LogP contribution in [0, 0.1) is 11.8 Å². The van der Waals surface area contributed by atoms with E-state index >= 15 is 0 Å². The van der Waals surface area contributed by atoms with Gasteiger partial charge in [0, 0.05) is 24.7 Å². The number of rotatable bonds is 5. The number of hydrogen-bond donors (Lipinski definition) is 2. The Balaban J connectivity index is 1.69. The predicted molar refractivity (Wildman–Crippen MR) is 91.7 cm³/mol. The van der Waals surface area contributed by atoms with Crippen molar-refractivity contribution in [2.24, 2.45) is 11.8 Å². The van der Waals surface area contributed by atoms with E-state index in [9.17, 15) is 14.7 Å². The Kier molecular flexibility index (Phi) is 5.13. The van der Waals surface area contributed by atoms with Crippen LogP contribution >= 0.6 is 0 Å². The summed E-state index contributed by atoms with van der Waals surface area (Å²) in [4.78, 5) is 26.4. The number of benzene rings is 1. The van der Waals surface area contributed by atoms with Gasteiger partial charge < -0.3 is 24.8 Å². The maximum atomic E-state index is 12.4. The number of ether oxygens (including phenoxy) is 2. The molecule has 1 saturated heterocycles. The standard InChI is InChI=1S/C18H24N2O5/c1-11(2)14(10-21)19-18(23)12-7-17(22)20(9-12)13-3-4-15-16(8-13)25-6-5-24-15/h3-4,8,11-12,14,21H,5-7,9-10H2,1-2H3,(H,19,23)/t12?,14-/m1/s1. The molecule has 1 aromatic carbocycles. The summed E-state index contributed by atoms with van der Waals surface area (Å²) in [6.45, 7) is 5.06. The third-order valence-electron chi connectivity index (χ3n) is 4.66. The number of carbonyl (C=O) groups excluding carboxylic acids is 2. The van der Waals surface area contributed by atoms with E-state index in [0.29, 0.717) is 36.9 Å². The van der Waals surface area contributed by atoms with Gasteiger partial charge in [-0.25, -0.2) is 0 Å². The molecule has 2 N–H and O–H groups in total. The number of amides is 2. The van der Waals surface area contributed by atoms with Crippen LogP contribution in [-0.2, 0) is 9.59 Å². The molecule has 7 heteroatoms. The zero-order valence-corrected chi connectivity index (χ0v) is 14.5. The highest BCUT2D eigenvalue weighted by Gasteiger charge is 2.36. The van der Waals surface area contributed by atoms with E-state index in [1.54, 1.807) is 23.1 Å². The van der Waals surface area contributed by atoms with Gasteiger partial charge >= 0.3 is 0 Å². The maximum Gasteiger partial charge on any atom is 0.227 e. The highest BCUT2D eigenvalue weighted by molar-refractivity contribution is 6.00. The molecular formula is C18H24N2O5. The van der Waals surface area contributed by atoms with Crippen molar-refractivity contribution in [2.45, 2.75) is 26.3 Å². The Morgan fingerprint density at radius 2 is 2.04 bits per heavy atom. The molecule has 2 atom stereocenters. The van der Waals surface area contributed by atoms with E-state index in [2.05, 4.69) is 5.32 Å². The van der Waals surface area contributed by atoms with Gasteiger partial charge in [0.05, 0.1) is 18.6 Å². The third kappa shape index (κ3) is 3.71. The van der Waals surface area contributed by atoms with Gasteiger partial charge in [-0.2, -0.15) is 0 Å². The maximum absolute atomic E-state index is 12.4. The molecule has 2 aliphatic heterocycles. The molecule has 0 aliphatic carbocycles. The SMILES string of the molecule is CC(C)[C@@H](CO)NC(=O)C1CC(=O)N(c2ccc3c(c2)OCCO3)C1. The first-order valence-electron chi connectivity index (χ1n) is 8.61. The number of hydrogen-bond acceptors (Lipinski definition) is 5. The first-order valence-corrected chi connectivity index (χ1v) is 8.61. The summed E-state index contributed by atoms with van der Waals surface area (Å²) in [5.41, 5.74) is 0.701. The van der Waals surface area contributed by atoms with Crippen molar-refractivity contribution in [3.63, 3.8) is 0 Å². The molecule has 0 aromatic heterocycles. The van der Waals surface area contributed by atoms with Gasteiger partial charge in [-0.15, -0.1) is 0 Å². The van der Waals surface area contributed by atoms with Crippen molar-refractivity contribution in [1.82, 2.24) is 5.32 Å². The Labute approximate surface area is 146 Å². The molecule has 0 bridgehead atoms. The fourth-order valence-corrected chi connectivity index (χ4v) is 3.06. The van der Waals surface area contributed by atoms with Crippen LogP contribution in [0.2, 0.25) is 0 Å². The zero-order chi connectivity index (χ0) is 18.0. The molecule has 1 aromatic rings. The van der Waals surface area contributed by atoms with Gasteiger partial charge in [0.15, 0.2) is 11.5 Å². The molecule has 0 saturated carbocycles. The lowest BCUT2D eigenvalue weighted by Crippen LogP contribution is -2.44. The summed E-state index contributed by atoms with van der Waals surface area (Å²) >= 11 is 0. The van der Waals surface area contributed by atoms with Crippen LogP contribution < -0.4 is 19.7 Å². The molecule has 1 fully saturated rings. The van der Waals surface area contributed by atoms with Gasteiger partial charge in [0.2, 0.25) is 11.8 Å². The molecule has 25 heavy (non-hydrogen) atoms. The molecular weight excluding hydrogens is 324 g/mol. The molecule has 7 nitrogen and oxygen atoms in total. The van der Waals surface area contributed by atoms with E-state index in [1.165, 1.54) is 0 Å². The van der Waals surface area contributed by atoms with E-state index in [4.69, 9.17) is 9.47 Å². The molecule has 2 amide bonds. The fraction of sp³-hybridized carbons (Fsp3) is 0.556. The number of anilines is 1. The van der Waals surface area contributed by atoms with Crippen molar-refractivity contribution in [2.75, 3.05) is 31.3 Å². The van der Waals surface area contributed by atoms with Gasteiger partial charge in [-0.05, 0) is 18.1 Å². The minimum absolute atomic E-state index is 0.0954. The van der Waals surface area contributed by atoms with Crippen molar-refractivity contribution >= 4 is 17.5 Å². The van der Waals surface area contributed by atoms with Crippen LogP contribution in [0.15, 0.2) is 18.2 Å². The van der Waals surface area contributed by atoms with Crippen LogP contribution in [-0.4, -0.2) is 49.3 Å². The topological polar surface area (TPSA) is 88.1 Å². The first-order chi connectivity index (χ1) is 12.0.